The third-order valence-electron chi connectivity index (χ3n) is 9.65. The van der Waals surface area contributed by atoms with E-state index in [1.54, 1.807) is 7.11 Å². The Balaban J connectivity index is 2.16. The van der Waals surface area contributed by atoms with Crippen LogP contribution in [-0.4, -0.2) is 13.2 Å². The molecule has 0 saturated heterocycles. The molecule has 0 spiro atoms. The lowest BCUT2D eigenvalue weighted by molar-refractivity contribution is -0.723. The van der Waals surface area contributed by atoms with Crippen LogP contribution in [0.4, 0.5) is 0 Å². The topological polar surface area (TPSA) is 22.3 Å². The molecule has 0 saturated carbocycles. The van der Waals surface area contributed by atoms with E-state index < -0.39 is 0 Å². The number of hydrogen-bond acceptors (Lipinski definition) is 2. The third kappa shape index (κ3) is 7.52. The number of fused-ring (bicyclic) bond motifs is 1. The van der Waals surface area contributed by atoms with Crippen LogP contribution >= 0.6 is 0 Å². The van der Waals surface area contributed by atoms with Crippen molar-refractivity contribution >= 4 is 10.9 Å². The second-order valence-electron chi connectivity index (χ2n) is 14.0. The molecule has 1 aromatic heterocycles. The van der Waals surface area contributed by atoms with Crippen molar-refractivity contribution in [1.29, 1.82) is 0 Å². The van der Waals surface area contributed by atoms with Crippen molar-refractivity contribution in [3.8, 4) is 22.4 Å². The zero-order valence-electron chi connectivity index (χ0n) is 29.8. The molecule has 2 atom stereocenters. The summed E-state index contributed by atoms with van der Waals surface area (Å²) in [7, 11) is 1.73. The number of hydrogen-bond donors (Lipinski definition) is 0. The van der Waals surface area contributed by atoms with Crippen molar-refractivity contribution in [1.82, 2.24) is 0 Å². The first kappa shape index (κ1) is 34.4. The van der Waals surface area contributed by atoms with Crippen molar-refractivity contribution in [2.75, 3.05) is 7.11 Å². The molecule has 4 rings (SSSR count). The number of methoxy groups -OCH3 is 1. The molecule has 0 fully saturated rings. The molecule has 2 unspecified atom stereocenters. The van der Waals surface area contributed by atoms with Crippen LogP contribution in [0.15, 0.2) is 84.6 Å². The fourth-order valence-electron chi connectivity index (χ4n) is 7.13. The minimum absolute atomic E-state index is 0.0226. The van der Waals surface area contributed by atoms with Gasteiger partial charge in [0, 0.05) is 31.0 Å². The lowest BCUT2D eigenvalue weighted by atomic mass is 9.69. The van der Waals surface area contributed by atoms with Gasteiger partial charge in [0.15, 0.2) is 0 Å². The maximum absolute atomic E-state index is 6.69. The molecule has 3 nitrogen and oxygen atoms in total. The van der Waals surface area contributed by atoms with Gasteiger partial charge in [0.25, 0.3) is 6.23 Å². The van der Waals surface area contributed by atoms with E-state index in [-0.39, 0.29) is 23.2 Å². The van der Waals surface area contributed by atoms with Crippen LogP contribution in [0.25, 0.3) is 33.3 Å². The number of benzene rings is 3. The molecule has 240 valence electrons. The molecule has 0 aliphatic rings. The quantitative estimate of drug-likeness (QED) is 0.118. The summed E-state index contributed by atoms with van der Waals surface area (Å²) in [5.41, 5.74) is 10.6. The highest BCUT2D eigenvalue weighted by Gasteiger charge is 2.36. The van der Waals surface area contributed by atoms with Crippen LogP contribution in [0, 0.1) is 12.3 Å². The van der Waals surface area contributed by atoms with E-state index in [9.17, 15) is 0 Å². The molecule has 0 aliphatic carbocycles. The fraction of sp³-hybridized carbons (Fsp3) is 0.452. The first-order valence-corrected chi connectivity index (χ1v) is 16.9. The van der Waals surface area contributed by atoms with Gasteiger partial charge in [-0.1, -0.05) is 90.1 Å². The van der Waals surface area contributed by atoms with Crippen molar-refractivity contribution in [2.45, 2.75) is 113 Å². The van der Waals surface area contributed by atoms with Gasteiger partial charge in [-0.2, -0.15) is 4.57 Å². The van der Waals surface area contributed by atoms with Gasteiger partial charge in [-0.3, -0.25) is 0 Å². The molecule has 45 heavy (non-hydrogen) atoms. The largest absolute Gasteiger partial charge is 0.439 e. The number of nitrogens with zero attached hydrogens (tertiary/aromatic N) is 1. The molecule has 0 amide bonds. The summed E-state index contributed by atoms with van der Waals surface area (Å²) in [4.78, 5) is 0. The summed E-state index contributed by atoms with van der Waals surface area (Å²) in [5, 5.41) is 1.21. The number of aryl methyl sites for hydroxylation is 1. The maximum Gasteiger partial charge on any atom is 0.299 e. The third-order valence-corrected chi connectivity index (χ3v) is 9.65. The standard InChI is InChI=1S/C42H56NO2/c1-12-42(13-2,14-3)38-26-35(28-41(8,9)10)36(33-20-16-15-17-21-33)27-37(38)40-29(4)24-34-22-18-19-23-39(34)43(40)32(7)45-31(6)25-30(5)44-11/h15-27,30,32H,12-14,28H2,1-11H3/q+1. The molecule has 3 heteroatoms. The average Bonchev–Trinajstić information content (AvgIpc) is 3.01. The predicted molar refractivity (Wildman–Crippen MR) is 191 cm³/mol. The lowest BCUT2D eigenvalue weighted by Crippen LogP contribution is -2.43. The zero-order valence-corrected chi connectivity index (χ0v) is 29.8. The number of rotatable bonds is 12. The molecule has 0 bridgehead atoms. The highest BCUT2D eigenvalue weighted by atomic mass is 16.5. The van der Waals surface area contributed by atoms with Gasteiger partial charge < -0.3 is 9.47 Å². The minimum atomic E-state index is -0.244. The molecule has 1 heterocycles. The first-order valence-electron chi connectivity index (χ1n) is 16.9. The lowest BCUT2D eigenvalue weighted by Gasteiger charge is -2.35. The SMILES string of the molecule is CCC(CC)(CC)c1cc(CC(C)(C)C)c(-c2ccccc2)cc1-c1c(C)cc2ccccc2[n+]1C(C)OC(C)=CC(C)OC. The van der Waals surface area contributed by atoms with E-state index in [1.807, 2.05) is 19.9 Å². The van der Waals surface area contributed by atoms with Crippen molar-refractivity contribution in [2.24, 2.45) is 5.41 Å². The van der Waals surface area contributed by atoms with Crippen LogP contribution in [0.1, 0.15) is 104 Å². The van der Waals surface area contributed by atoms with E-state index in [1.165, 1.54) is 50.0 Å². The van der Waals surface area contributed by atoms with Crippen molar-refractivity contribution < 1.29 is 14.0 Å². The monoisotopic (exact) mass is 606 g/mol. The molecule has 3 aromatic carbocycles. The van der Waals surface area contributed by atoms with Gasteiger partial charge in [0.1, 0.15) is 0 Å². The predicted octanol–water partition coefficient (Wildman–Crippen LogP) is 11.3. The number of para-hydroxylation sites is 1. The van der Waals surface area contributed by atoms with E-state index in [0.717, 1.165) is 31.4 Å². The van der Waals surface area contributed by atoms with Gasteiger partial charge in [0.05, 0.1) is 17.4 Å². The van der Waals surface area contributed by atoms with E-state index >= 15 is 0 Å². The summed E-state index contributed by atoms with van der Waals surface area (Å²) in [6.07, 6.45) is 6.05. The average molecular weight is 607 g/mol. The van der Waals surface area contributed by atoms with Gasteiger partial charge in [-0.15, -0.1) is 0 Å². The Hall–Kier alpha value is -3.43. The molecule has 4 aromatic rings. The van der Waals surface area contributed by atoms with Gasteiger partial charge in [0.2, 0.25) is 11.2 Å². The normalized spacial score (nSPS) is 14.1. The van der Waals surface area contributed by atoms with Gasteiger partial charge in [-0.25, -0.2) is 0 Å². The second kappa shape index (κ2) is 14.3. The summed E-state index contributed by atoms with van der Waals surface area (Å²) in [5.74, 6) is 0.858. The second-order valence-corrected chi connectivity index (χ2v) is 14.0. The summed E-state index contributed by atoms with van der Waals surface area (Å²) in [6, 6.07) is 27.1. The highest BCUT2D eigenvalue weighted by Crippen LogP contribution is 2.45. The minimum Gasteiger partial charge on any atom is -0.439 e. The molecule has 0 N–H and O–H groups in total. The number of aromatic nitrogens is 1. The van der Waals surface area contributed by atoms with Gasteiger partial charge >= 0.3 is 0 Å². The first-order chi connectivity index (χ1) is 21.4. The van der Waals surface area contributed by atoms with Crippen LogP contribution in [0.2, 0.25) is 0 Å². The number of ether oxygens (including phenoxy) is 2. The Labute approximate surface area is 273 Å². The Bertz CT molecular complexity index is 1610. The summed E-state index contributed by atoms with van der Waals surface area (Å²) >= 11 is 0. The van der Waals surface area contributed by atoms with Crippen LogP contribution in [0.3, 0.4) is 0 Å². The zero-order chi connectivity index (χ0) is 32.9. The Morgan fingerprint density at radius 2 is 1.47 bits per heavy atom. The molecular weight excluding hydrogens is 550 g/mol. The Morgan fingerprint density at radius 3 is 2.07 bits per heavy atom. The van der Waals surface area contributed by atoms with Crippen molar-refractivity contribution in [3.05, 3.63) is 101 Å². The van der Waals surface area contributed by atoms with Crippen LogP contribution in [0.5, 0.6) is 0 Å². The van der Waals surface area contributed by atoms with E-state index in [2.05, 4.69) is 133 Å². The highest BCUT2D eigenvalue weighted by molar-refractivity contribution is 5.82. The van der Waals surface area contributed by atoms with E-state index in [4.69, 9.17) is 9.47 Å². The Kier molecular flexibility index (Phi) is 11.0. The van der Waals surface area contributed by atoms with Crippen LogP contribution in [-0.2, 0) is 21.3 Å². The fourth-order valence-corrected chi connectivity index (χ4v) is 7.13. The molecule has 0 radical (unpaired) electrons. The summed E-state index contributed by atoms with van der Waals surface area (Å²) < 4.78 is 14.6. The maximum atomic E-state index is 6.69. The Morgan fingerprint density at radius 1 is 0.844 bits per heavy atom. The smallest absolute Gasteiger partial charge is 0.299 e. The van der Waals surface area contributed by atoms with Crippen molar-refractivity contribution in [3.63, 3.8) is 0 Å². The number of allylic oxidation sites excluding steroid dienone is 1. The molecular formula is C42H56NO2+. The molecule has 0 aliphatic heterocycles. The van der Waals surface area contributed by atoms with Crippen LogP contribution < -0.4 is 4.57 Å². The van der Waals surface area contributed by atoms with Gasteiger partial charge in [-0.05, 0) is 104 Å². The number of pyridine rings is 1. The van der Waals surface area contributed by atoms with E-state index in [0.29, 0.717) is 0 Å². The summed E-state index contributed by atoms with van der Waals surface area (Å²) in [6.45, 7) is 22.6.